The van der Waals surface area contributed by atoms with Crippen LogP contribution in [-0.2, 0) is 0 Å². The molecule has 5 heteroatoms. The summed E-state index contributed by atoms with van der Waals surface area (Å²) in [5.41, 5.74) is 1.46. The highest BCUT2D eigenvalue weighted by atomic mass is 35.5. The average molecular weight is 256 g/mol. The Balaban J connectivity index is 1.99. The molecule has 2 N–H and O–H groups in total. The fraction of sp³-hybridized carbons (Fsp3) is 0.417. The van der Waals surface area contributed by atoms with Crippen molar-refractivity contribution in [2.24, 2.45) is 0 Å². The first-order valence-electron chi connectivity index (χ1n) is 5.72. The van der Waals surface area contributed by atoms with Gasteiger partial charge in [0.05, 0.1) is 11.0 Å². The Morgan fingerprint density at radius 3 is 3.12 bits per heavy atom. The fourth-order valence-corrected chi connectivity index (χ4v) is 1.73. The van der Waals surface area contributed by atoms with Gasteiger partial charge in [0.25, 0.3) is 0 Å². The zero-order chi connectivity index (χ0) is 12.3. The van der Waals surface area contributed by atoms with Crippen LogP contribution in [0.25, 0.3) is 11.0 Å². The quantitative estimate of drug-likeness (QED) is 0.803. The van der Waals surface area contributed by atoms with Gasteiger partial charge in [0, 0.05) is 11.9 Å². The molecule has 0 saturated carbocycles. The molecule has 0 radical (unpaired) electrons. The average Bonchev–Trinajstić information content (AvgIpc) is 2.70. The normalized spacial score (nSPS) is 12.9. The molecule has 0 aliphatic heterocycles. The summed E-state index contributed by atoms with van der Waals surface area (Å²) >= 11 is 6.01. The van der Waals surface area contributed by atoms with Crippen molar-refractivity contribution in [3.63, 3.8) is 0 Å². The lowest BCUT2D eigenvalue weighted by atomic mass is 10.2. The van der Waals surface area contributed by atoms with Crippen molar-refractivity contribution < 1.29 is 4.39 Å². The van der Waals surface area contributed by atoms with Gasteiger partial charge in [0.2, 0.25) is 5.95 Å². The molecule has 1 heterocycles. The largest absolute Gasteiger partial charge is 0.356 e. The number of halogens is 2. The molecule has 3 nitrogen and oxygen atoms in total. The van der Waals surface area contributed by atoms with Crippen molar-refractivity contribution in [2.45, 2.75) is 25.1 Å². The monoisotopic (exact) mass is 255 g/mol. The number of fused-ring (bicyclic) bond motifs is 1. The molecule has 1 unspecified atom stereocenters. The summed E-state index contributed by atoms with van der Waals surface area (Å²) in [6.45, 7) is 2.81. The summed E-state index contributed by atoms with van der Waals surface area (Å²) < 4.78 is 13.0. The lowest BCUT2D eigenvalue weighted by molar-refractivity contribution is 0.629. The Hall–Kier alpha value is -1.29. The Morgan fingerprint density at radius 2 is 2.35 bits per heavy atom. The van der Waals surface area contributed by atoms with Crippen LogP contribution in [0.2, 0.25) is 0 Å². The zero-order valence-electron chi connectivity index (χ0n) is 9.63. The van der Waals surface area contributed by atoms with Gasteiger partial charge >= 0.3 is 0 Å². The fourth-order valence-electron chi connectivity index (χ4n) is 1.62. The summed E-state index contributed by atoms with van der Waals surface area (Å²) in [5, 5.41) is 3.33. The number of anilines is 1. The lowest BCUT2D eigenvalue weighted by Crippen LogP contribution is -2.08. The van der Waals surface area contributed by atoms with Crippen LogP contribution in [0.3, 0.4) is 0 Å². The van der Waals surface area contributed by atoms with Crippen LogP contribution in [0.4, 0.5) is 10.3 Å². The predicted octanol–water partition coefficient (Wildman–Crippen LogP) is 3.52. The van der Waals surface area contributed by atoms with Crippen LogP contribution >= 0.6 is 11.6 Å². The molecule has 1 aromatic heterocycles. The number of rotatable bonds is 5. The van der Waals surface area contributed by atoms with E-state index in [1.165, 1.54) is 12.1 Å². The van der Waals surface area contributed by atoms with Gasteiger partial charge in [-0.15, -0.1) is 11.6 Å². The van der Waals surface area contributed by atoms with Crippen molar-refractivity contribution in [1.82, 2.24) is 9.97 Å². The third kappa shape index (κ3) is 3.09. The van der Waals surface area contributed by atoms with E-state index >= 15 is 0 Å². The molecule has 92 valence electrons. The summed E-state index contributed by atoms with van der Waals surface area (Å²) in [5.74, 6) is 0.394. The maximum absolute atomic E-state index is 13.0. The van der Waals surface area contributed by atoms with Gasteiger partial charge in [-0.1, -0.05) is 6.92 Å². The van der Waals surface area contributed by atoms with E-state index in [1.54, 1.807) is 6.07 Å². The molecule has 2 rings (SSSR count). The maximum atomic E-state index is 13.0. The van der Waals surface area contributed by atoms with E-state index in [2.05, 4.69) is 22.2 Å². The maximum Gasteiger partial charge on any atom is 0.201 e. The number of imidazole rings is 1. The molecule has 17 heavy (non-hydrogen) atoms. The molecular weight excluding hydrogens is 241 g/mol. The first-order valence-corrected chi connectivity index (χ1v) is 6.16. The summed E-state index contributed by atoms with van der Waals surface area (Å²) in [6, 6.07) is 4.49. The van der Waals surface area contributed by atoms with Gasteiger partial charge in [-0.25, -0.2) is 9.37 Å². The van der Waals surface area contributed by atoms with Gasteiger partial charge in [-0.2, -0.15) is 0 Å². The second-order valence-electron chi connectivity index (χ2n) is 3.97. The highest BCUT2D eigenvalue weighted by Crippen LogP contribution is 2.15. The number of hydrogen-bond donors (Lipinski definition) is 2. The molecular formula is C12H15ClFN3. The zero-order valence-corrected chi connectivity index (χ0v) is 10.4. The number of H-pyrrole nitrogens is 1. The molecule has 2 aromatic rings. The predicted molar refractivity (Wildman–Crippen MR) is 69.1 cm³/mol. The van der Waals surface area contributed by atoms with Crippen molar-refractivity contribution in [3.8, 4) is 0 Å². The van der Waals surface area contributed by atoms with E-state index in [1.807, 2.05) is 0 Å². The number of nitrogens with zero attached hydrogens (tertiary/aromatic N) is 1. The van der Waals surface area contributed by atoms with Crippen molar-refractivity contribution in [1.29, 1.82) is 0 Å². The number of alkyl halides is 1. The van der Waals surface area contributed by atoms with E-state index in [-0.39, 0.29) is 11.2 Å². The van der Waals surface area contributed by atoms with Crippen LogP contribution in [0.5, 0.6) is 0 Å². The third-order valence-corrected chi connectivity index (χ3v) is 3.16. The number of aromatic nitrogens is 2. The van der Waals surface area contributed by atoms with Crippen molar-refractivity contribution in [2.75, 3.05) is 11.9 Å². The minimum atomic E-state index is -0.264. The molecule has 0 fully saturated rings. The Bertz CT molecular complexity index is 497. The van der Waals surface area contributed by atoms with Crippen molar-refractivity contribution in [3.05, 3.63) is 24.0 Å². The van der Waals surface area contributed by atoms with E-state index in [9.17, 15) is 4.39 Å². The van der Waals surface area contributed by atoms with E-state index < -0.39 is 0 Å². The summed E-state index contributed by atoms with van der Waals surface area (Å²) in [7, 11) is 0. The molecule has 1 aromatic carbocycles. The third-order valence-electron chi connectivity index (χ3n) is 2.64. The SMILES string of the molecule is CCC(Cl)CCNc1nc2ccc(F)cc2[nH]1. The standard InChI is InChI=1S/C12H15ClFN3/c1-2-8(13)5-6-15-12-16-10-4-3-9(14)7-11(10)17-12/h3-4,7-8H,2,5-6H2,1H3,(H2,15,16,17). The second-order valence-corrected chi connectivity index (χ2v) is 4.59. The van der Waals surface area contributed by atoms with Crippen LogP contribution < -0.4 is 5.32 Å². The highest BCUT2D eigenvalue weighted by Gasteiger charge is 2.04. The lowest BCUT2D eigenvalue weighted by Gasteiger charge is -2.06. The van der Waals surface area contributed by atoms with Gasteiger partial charge in [-0.3, -0.25) is 0 Å². The van der Waals surface area contributed by atoms with Crippen LogP contribution in [0.1, 0.15) is 19.8 Å². The first kappa shape index (κ1) is 12.2. The Morgan fingerprint density at radius 1 is 1.53 bits per heavy atom. The summed E-state index contributed by atoms with van der Waals surface area (Å²) in [4.78, 5) is 7.32. The topological polar surface area (TPSA) is 40.7 Å². The van der Waals surface area contributed by atoms with E-state index in [4.69, 9.17) is 11.6 Å². The van der Waals surface area contributed by atoms with Crippen LogP contribution in [-0.4, -0.2) is 21.9 Å². The first-order chi connectivity index (χ1) is 8.19. The Kier molecular flexibility index (Phi) is 3.84. The molecule has 0 saturated heterocycles. The van der Waals surface area contributed by atoms with Gasteiger partial charge in [0.1, 0.15) is 5.82 Å². The van der Waals surface area contributed by atoms with Gasteiger partial charge < -0.3 is 10.3 Å². The molecule has 0 bridgehead atoms. The van der Waals surface area contributed by atoms with Gasteiger partial charge in [0.15, 0.2) is 0 Å². The van der Waals surface area contributed by atoms with Gasteiger partial charge in [-0.05, 0) is 31.0 Å². The molecule has 1 atom stereocenters. The molecule has 0 spiro atoms. The number of nitrogens with one attached hydrogen (secondary N) is 2. The smallest absolute Gasteiger partial charge is 0.201 e. The molecule has 0 amide bonds. The minimum Gasteiger partial charge on any atom is -0.356 e. The van der Waals surface area contributed by atoms with E-state index in [0.717, 1.165) is 24.9 Å². The second kappa shape index (κ2) is 5.36. The van der Waals surface area contributed by atoms with Crippen LogP contribution in [0, 0.1) is 5.82 Å². The number of hydrogen-bond acceptors (Lipinski definition) is 2. The molecule has 0 aliphatic rings. The Labute approximate surface area is 104 Å². The minimum absolute atomic E-state index is 0.185. The molecule has 0 aliphatic carbocycles. The summed E-state index contributed by atoms with van der Waals surface area (Å²) in [6.07, 6.45) is 1.83. The van der Waals surface area contributed by atoms with Crippen LogP contribution in [0.15, 0.2) is 18.2 Å². The van der Waals surface area contributed by atoms with Crippen molar-refractivity contribution >= 4 is 28.6 Å². The number of benzene rings is 1. The highest BCUT2D eigenvalue weighted by molar-refractivity contribution is 6.20. The van der Waals surface area contributed by atoms with E-state index in [0.29, 0.717) is 11.5 Å². The number of aromatic amines is 1.